The van der Waals surface area contributed by atoms with E-state index in [1.165, 1.54) is 18.5 Å². The third-order valence-electron chi connectivity index (χ3n) is 2.56. The Kier molecular flexibility index (Phi) is 3.75. The van der Waals surface area contributed by atoms with E-state index in [9.17, 15) is 16.8 Å². The van der Waals surface area contributed by atoms with Gasteiger partial charge in [0.2, 0.25) is 10.0 Å². The summed E-state index contributed by atoms with van der Waals surface area (Å²) in [5.41, 5.74) is 0.522. The minimum absolute atomic E-state index is 0.0203. The molecule has 2 heterocycles. The van der Waals surface area contributed by atoms with Crippen molar-refractivity contribution in [2.75, 3.05) is 0 Å². The fraction of sp³-hybridized carbons (Fsp3) is 0.300. The zero-order chi connectivity index (χ0) is 15.1. The summed E-state index contributed by atoms with van der Waals surface area (Å²) in [6, 6.07) is 2.94. The molecule has 0 bridgehead atoms. The molecular weight excluding hydrogens is 322 g/mol. The van der Waals surface area contributed by atoms with Gasteiger partial charge in [-0.25, -0.2) is 22.0 Å². The standard InChI is InChI=1S/C10H13N3O4S3/c1-7(2)20(16,17)13-6-8(5-12-13)9-3-4-10(18-9)19(11,14)15/h3-7H,1-2H3,(H2,11,14,15). The smallest absolute Gasteiger partial charge is 0.224 e. The van der Waals surface area contributed by atoms with E-state index in [2.05, 4.69) is 5.10 Å². The lowest BCUT2D eigenvalue weighted by molar-refractivity contribution is 0.571. The van der Waals surface area contributed by atoms with Gasteiger partial charge < -0.3 is 0 Å². The van der Waals surface area contributed by atoms with E-state index in [0.717, 1.165) is 15.4 Å². The van der Waals surface area contributed by atoms with Gasteiger partial charge in [-0.2, -0.15) is 9.19 Å². The first-order chi connectivity index (χ1) is 9.12. The Morgan fingerprint density at radius 3 is 2.40 bits per heavy atom. The van der Waals surface area contributed by atoms with Crippen molar-refractivity contribution in [1.29, 1.82) is 0 Å². The van der Waals surface area contributed by atoms with Gasteiger partial charge in [0.15, 0.2) is 0 Å². The molecule has 2 aromatic rings. The molecule has 0 aliphatic heterocycles. The van der Waals surface area contributed by atoms with Gasteiger partial charge in [0, 0.05) is 10.4 Å². The highest BCUT2D eigenvalue weighted by Crippen LogP contribution is 2.30. The molecule has 0 amide bonds. The van der Waals surface area contributed by atoms with Crippen LogP contribution in [-0.4, -0.2) is 31.3 Å². The van der Waals surface area contributed by atoms with E-state index in [1.54, 1.807) is 19.9 Å². The Bertz CT molecular complexity index is 831. The number of hydrogen-bond donors (Lipinski definition) is 1. The van der Waals surface area contributed by atoms with Crippen LogP contribution in [-0.2, 0) is 20.0 Å². The van der Waals surface area contributed by atoms with E-state index in [-0.39, 0.29) is 4.21 Å². The fourth-order valence-corrected chi connectivity index (χ4v) is 3.99. The average Bonchev–Trinajstić information content (AvgIpc) is 2.96. The minimum Gasteiger partial charge on any atom is -0.224 e. The van der Waals surface area contributed by atoms with Crippen molar-refractivity contribution in [2.24, 2.45) is 5.14 Å². The molecule has 2 N–H and O–H groups in total. The van der Waals surface area contributed by atoms with Crippen LogP contribution in [0.2, 0.25) is 0 Å². The SMILES string of the molecule is CC(C)S(=O)(=O)n1cc(-c2ccc(S(N)(=O)=O)s2)cn1. The summed E-state index contributed by atoms with van der Waals surface area (Å²) in [5.74, 6) is 0. The van der Waals surface area contributed by atoms with Gasteiger partial charge >= 0.3 is 0 Å². The lowest BCUT2D eigenvalue weighted by Crippen LogP contribution is -2.22. The quantitative estimate of drug-likeness (QED) is 0.890. The van der Waals surface area contributed by atoms with Gasteiger partial charge in [-0.1, -0.05) is 0 Å². The summed E-state index contributed by atoms with van der Waals surface area (Å²) in [5, 5.41) is 8.24. The molecule has 0 saturated carbocycles. The highest BCUT2D eigenvalue weighted by atomic mass is 32.2. The number of sulfonamides is 1. The number of rotatable bonds is 4. The van der Waals surface area contributed by atoms with Crippen molar-refractivity contribution in [1.82, 2.24) is 9.19 Å². The molecule has 110 valence electrons. The third kappa shape index (κ3) is 2.77. The molecule has 0 saturated heterocycles. The predicted molar refractivity (Wildman–Crippen MR) is 76.4 cm³/mol. The monoisotopic (exact) mass is 335 g/mol. The molecule has 0 fully saturated rings. The molecule has 2 rings (SSSR count). The summed E-state index contributed by atoms with van der Waals surface area (Å²) in [6.07, 6.45) is 2.73. The maximum atomic E-state index is 11.9. The highest BCUT2D eigenvalue weighted by molar-refractivity contribution is 7.91. The molecule has 2 aromatic heterocycles. The summed E-state index contributed by atoms with van der Waals surface area (Å²) < 4.78 is 47.2. The lowest BCUT2D eigenvalue weighted by atomic mass is 10.3. The van der Waals surface area contributed by atoms with E-state index in [0.29, 0.717) is 10.4 Å². The highest BCUT2D eigenvalue weighted by Gasteiger charge is 2.20. The number of nitrogens with zero attached hydrogens (tertiary/aromatic N) is 2. The topological polar surface area (TPSA) is 112 Å². The summed E-state index contributed by atoms with van der Waals surface area (Å²) in [4.78, 5) is 0.583. The molecule has 0 aliphatic rings. The van der Waals surface area contributed by atoms with E-state index >= 15 is 0 Å². The van der Waals surface area contributed by atoms with Crippen molar-refractivity contribution in [3.63, 3.8) is 0 Å². The predicted octanol–water partition coefficient (Wildman–Crippen LogP) is 0.845. The van der Waals surface area contributed by atoms with E-state index in [4.69, 9.17) is 5.14 Å². The van der Waals surface area contributed by atoms with Crippen LogP contribution in [0.15, 0.2) is 28.7 Å². The van der Waals surface area contributed by atoms with Gasteiger partial charge in [0.25, 0.3) is 10.0 Å². The van der Waals surface area contributed by atoms with Crippen LogP contribution in [0.4, 0.5) is 0 Å². The molecule has 10 heteroatoms. The molecule has 0 spiro atoms. The van der Waals surface area contributed by atoms with Crippen LogP contribution in [0.25, 0.3) is 10.4 Å². The van der Waals surface area contributed by atoms with Crippen LogP contribution >= 0.6 is 11.3 Å². The molecule has 0 radical (unpaired) electrons. The molecule has 0 aromatic carbocycles. The van der Waals surface area contributed by atoms with Crippen LogP contribution in [0.3, 0.4) is 0 Å². The Hall–Kier alpha value is -1.23. The third-order valence-corrected chi connectivity index (χ3v) is 7.05. The summed E-state index contributed by atoms with van der Waals surface area (Å²) in [7, 11) is -7.27. The van der Waals surface area contributed by atoms with E-state index < -0.39 is 25.3 Å². The second-order valence-electron chi connectivity index (χ2n) is 4.36. The van der Waals surface area contributed by atoms with Crippen LogP contribution in [0, 0.1) is 0 Å². The van der Waals surface area contributed by atoms with Gasteiger partial charge in [0.1, 0.15) is 4.21 Å². The maximum Gasteiger partial charge on any atom is 0.256 e. The van der Waals surface area contributed by atoms with Gasteiger partial charge in [-0.3, -0.25) is 0 Å². The van der Waals surface area contributed by atoms with Crippen molar-refractivity contribution in [3.05, 3.63) is 24.5 Å². The number of nitrogens with two attached hydrogens (primary N) is 1. The molecule has 0 unspecified atom stereocenters. The van der Waals surface area contributed by atoms with Gasteiger partial charge in [-0.05, 0) is 26.0 Å². The normalized spacial score (nSPS) is 13.0. The zero-order valence-corrected chi connectivity index (χ0v) is 13.2. The van der Waals surface area contributed by atoms with Gasteiger partial charge in [0.05, 0.1) is 17.6 Å². The first-order valence-electron chi connectivity index (χ1n) is 5.54. The van der Waals surface area contributed by atoms with Crippen molar-refractivity contribution in [3.8, 4) is 10.4 Å². The van der Waals surface area contributed by atoms with E-state index in [1.807, 2.05) is 0 Å². The minimum atomic E-state index is -3.75. The number of thiophene rings is 1. The first kappa shape index (κ1) is 15.2. The van der Waals surface area contributed by atoms with Gasteiger partial charge in [-0.15, -0.1) is 11.3 Å². The fourth-order valence-electron chi connectivity index (χ4n) is 1.42. The van der Waals surface area contributed by atoms with Crippen LogP contribution in [0.5, 0.6) is 0 Å². The van der Waals surface area contributed by atoms with Crippen LogP contribution < -0.4 is 5.14 Å². The Labute approximate surface area is 121 Å². The molecule has 0 atom stereocenters. The van der Waals surface area contributed by atoms with Crippen LogP contribution in [0.1, 0.15) is 13.8 Å². The molecule has 20 heavy (non-hydrogen) atoms. The largest absolute Gasteiger partial charge is 0.256 e. The second-order valence-corrected chi connectivity index (χ2v) is 9.58. The summed E-state index contributed by atoms with van der Waals surface area (Å²) >= 11 is 0.964. The first-order valence-corrected chi connectivity index (χ1v) is 9.41. The Morgan fingerprint density at radius 1 is 1.25 bits per heavy atom. The molecular formula is C10H13N3O4S3. The average molecular weight is 335 g/mol. The Morgan fingerprint density at radius 2 is 1.90 bits per heavy atom. The number of aromatic nitrogens is 2. The zero-order valence-electron chi connectivity index (χ0n) is 10.7. The maximum absolute atomic E-state index is 11.9. The number of hydrogen-bond acceptors (Lipinski definition) is 6. The second kappa shape index (κ2) is 4.95. The lowest BCUT2D eigenvalue weighted by Gasteiger charge is -2.06. The van der Waals surface area contributed by atoms with Crippen molar-refractivity contribution in [2.45, 2.75) is 23.3 Å². The number of primary sulfonamides is 1. The summed E-state index contributed by atoms with van der Waals surface area (Å²) in [6.45, 7) is 3.11. The molecule has 0 aliphatic carbocycles. The molecule has 7 nitrogen and oxygen atoms in total. The van der Waals surface area contributed by atoms with Crippen molar-refractivity contribution < 1.29 is 16.8 Å². The Balaban J connectivity index is 2.42. The van der Waals surface area contributed by atoms with Crippen molar-refractivity contribution >= 4 is 31.4 Å².